The van der Waals surface area contributed by atoms with Crippen molar-refractivity contribution in [2.75, 3.05) is 13.1 Å². The first-order chi connectivity index (χ1) is 12.4. The van der Waals surface area contributed by atoms with Crippen LogP contribution >= 0.6 is 0 Å². The lowest BCUT2D eigenvalue weighted by atomic mass is 9.84. The molecule has 2 N–H and O–H groups in total. The monoisotopic (exact) mass is 362 g/mol. The van der Waals surface area contributed by atoms with Gasteiger partial charge in [0.1, 0.15) is 5.82 Å². The van der Waals surface area contributed by atoms with Gasteiger partial charge in [0.15, 0.2) is 11.6 Å². The van der Waals surface area contributed by atoms with E-state index in [2.05, 4.69) is 0 Å². The van der Waals surface area contributed by atoms with Crippen LogP contribution in [0, 0.1) is 17.5 Å². The Bertz CT molecular complexity index is 797. The Hall–Kier alpha value is -2.34. The van der Waals surface area contributed by atoms with Crippen molar-refractivity contribution >= 4 is 5.91 Å². The fraction of sp³-hybridized carbons (Fsp3) is 0.350. The smallest absolute Gasteiger partial charge is 0.223 e. The number of carbonyl (C=O) groups is 1. The van der Waals surface area contributed by atoms with Gasteiger partial charge < -0.3 is 10.6 Å². The molecule has 0 radical (unpaired) electrons. The minimum Gasteiger partial charge on any atom is -0.341 e. The van der Waals surface area contributed by atoms with Crippen molar-refractivity contribution in [2.45, 2.75) is 31.2 Å². The molecule has 3 atom stereocenters. The molecule has 0 saturated carbocycles. The fourth-order valence-electron chi connectivity index (χ4n) is 3.51. The summed E-state index contributed by atoms with van der Waals surface area (Å²) in [4.78, 5) is 14.2. The number of amides is 1. The van der Waals surface area contributed by atoms with Crippen LogP contribution in [-0.2, 0) is 4.79 Å². The summed E-state index contributed by atoms with van der Waals surface area (Å²) in [6.07, 6.45) is -0.0231. The predicted molar refractivity (Wildman–Crippen MR) is 93.1 cm³/mol. The van der Waals surface area contributed by atoms with E-state index in [4.69, 9.17) is 5.73 Å². The molecule has 1 aliphatic rings. The molecule has 0 aliphatic carbocycles. The number of nitrogens with zero attached hydrogens (tertiary/aromatic N) is 1. The van der Waals surface area contributed by atoms with E-state index in [1.54, 1.807) is 4.90 Å². The maximum atomic E-state index is 14.1. The number of piperidine rings is 1. The summed E-state index contributed by atoms with van der Waals surface area (Å²) in [6.45, 7) is 2.78. The lowest BCUT2D eigenvalue weighted by molar-refractivity contribution is -0.134. The molecule has 1 aliphatic heterocycles. The third-order valence-electron chi connectivity index (χ3n) is 5.00. The molecule has 1 fully saturated rings. The number of benzene rings is 2. The number of hydrogen-bond donors (Lipinski definition) is 1. The highest BCUT2D eigenvalue weighted by Gasteiger charge is 2.35. The van der Waals surface area contributed by atoms with Crippen LogP contribution in [0.2, 0.25) is 0 Å². The molecule has 0 bridgehead atoms. The van der Waals surface area contributed by atoms with E-state index in [-0.39, 0.29) is 30.4 Å². The zero-order valence-corrected chi connectivity index (χ0v) is 14.5. The van der Waals surface area contributed by atoms with Crippen molar-refractivity contribution in [2.24, 2.45) is 5.73 Å². The van der Waals surface area contributed by atoms with Crippen LogP contribution in [0.15, 0.2) is 42.5 Å². The standard InChI is InChI=1S/C20H21F3N2O/c1-12(13-5-3-2-4-6-13)10-25-11-19(24)15(8-20(25)26)14-7-17(22)18(23)9-16(14)21/h2-7,9,12,15,19H,8,10-11,24H2,1H3/t12-,15-,19+/m1/s1. The molecular weight excluding hydrogens is 341 g/mol. The van der Waals surface area contributed by atoms with Gasteiger partial charge >= 0.3 is 0 Å². The highest BCUT2D eigenvalue weighted by atomic mass is 19.2. The number of nitrogens with two attached hydrogens (primary N) is 1. The van der Waals surface area contributed by atoms with E-state index >= 15 is 0 Å². The van der Waals surface area contributed by atoms with E-state index in [1.165, 1.54) is 0 Å². The van der Waals surface area contributed by atoms with Gasteiger partial charge in [-0.2, -0.15) is 0 Å². The first kappa shape index (κ1) is 18.5. The third kappa shape index (κ3) is 3.75. The van der Waals surface area contributed by atoms with Crippen LogP contribution in [0.3, 0.4) is 0 Å². The molecule has 6 heteroatoms. The second-order valence-electron chi connectivity index (χ2n) is 6.87. The van der Waals surface area contributed by atoms with Gasteiger partial charge in [0.05, 0.1) is 0 Å². The van der Waals surface area contributed by atoms with Gasteiger partial charge in [-0.25, -0.2) is 13.2 Å². The highest BCUT2D eigenvalue weighted by Crippen LogP contribution is 2.32. The Balaban J connectivity index is 1.74. The van der Waals surface area contributed by atoms with Gasteiger partial charge in [0, 0.05) is 37.5 Å². The van der Waals surface area contributed by atoms with Gasteiger partial charge in [-0.1, -0.05) is 37.3 Å². The second-order valence-corrected chi connectivity index (χ2v) is 6.87. The molecule has 3 rings (SSSR count). The summed E-state index contributed by atoms with van der Waals surface area (Å²) in [7, 11) is 0. The van der Waals surface area contributed by atoms with Crippen molar-refractivity contribution < 1.29 is 18.0 Å². The summed E-state index contributed by atoms with van der Waals surface area (Å²) < 4.78 is 40.7. The van der Waals surface area contributed by atoms with E-state index in [9.17, 15) is 18.0 Å². The van der Waals surface area contributed by atoms with Gasteiger partial charge in [-0.05, 0) is 23.1 Å². The molecule has 0 aromatic heterocycles. The Morgan fingerprint density at radius 2 is 1.77 bits per heavy atom. The molecule has 26 heavy (non-hydrogen) atoms. The number of hydrogen-bond acceptors (Lipinski definition) is 2. The van der Waals surface area contributed by atoms with Crippen LogP contribution in [0.4, 0.5) is 13.2 Å². The van der Waals surface area contributed by atoms with E-state index < -0.39 is 29.4 Å². The van der Waals surface area contributed by atoms with Gasteiger partial charge in [0.25, 0.3) is 0 Å². The molecule has 1 amide bonds. The SMILES string of the molecule is C[C@H](CN1C[C@H](N)[C@@H](c2cc(F)c(F)cc2F)CC1=O)c1ccccc1. The zero-order valence-electron chi connectivity index (χ0n) is 14.5. The van der Waals surface area contributed by atoms with Crippen LogP contribution < -0.4 is 5.73 Å². The molecule has 2 aromatic carbocycles. The summed E-state index contributed by atoms with van der Waals surface area (Å²) >= 11 is 0. The van der Waals surface area contributed by atoms with Crippen LogP contribution in [0.1, 0.15) is 36.3 Å². The Morgan fingerprint density at radius 1 is 1.12 bits per heavy atom. The highest BCUT2D eigenvalue weighted by molar-refractivity contribution is 5.78. The quantitative estimate of drug-likeness (QED) is 0.846. The largest absolute Gasteiger partial charge is 0.341 e. The average Bonchev–Trinajstić information content (AvgIpc) is 2.62. The Kier molecular flexibility index (Phi) is 5.32. The van der Waals surface area contributed by atoms with Crippen LogP contribution in [-0.4, -0.2) is 29.9 Å². The number of carbonyl (C=O) groups excluding carboxylic acids is 1. The van der Waals surface area contributed by atoms with E-state index in [0.29, 0.717) is 12.6 Å². The Morgan fingerprint density at radius 3 is 2.46 bits per heavy atom. The summed E-state index contributed by atoms with van der Waals surface area (Å²) in [6, 6.07) is 10.6. The third-order valence-corrected chi connectivity index (χ3v) is 5.00. The summed E-state index contributed by atoms with van der Waals surface area (Å²) in [5.41, 5.74) is 7.23. The van der Waals surface area contributed by atoms with Crippen molar-refractivity contribution in [1.82, 2.24) is 4.90 Å². The van der Waals surface area contributed by atoms with Crippen molar-refractivity contribution in [1.29, 1.82) is 0 Å². The topological polar surface area (TPSA) is 46.3 Å². The van der Waals surface area contributed by atoms with E-state index in [0.717, 1.165) is 11.6 Å². The molecule has 1 saturated heterocycles. The van der Waals surface area contributed by atoms with Crippen molar-refractivity contribution in [3.05, 3.63) is 71.0 Å². The van der Waals surface area contributed by atoms with Crippen LogP contribution in [0.5, 0.6) is 0 Å². The number of likely N-dealkylation sites (tertiary alicyclic amines) is 1. The van der Waals surface area contributed by atoms with Crippen LogP contribution in [0.25, 0.3) is 0 Å². The number of rotatable bonds is 4. The fourth-order valence-corrected chi connectivity index (χ4v) is 3.51. The first-order valence-corrected chi connectivity index (χ1v) is 8.59. The van der Waals surface area contributed by atoms with Crippen molar-refractivity contribution in [3.8, 4) is 0 Å². The molecule has 0 unspecified atom stereocenters. The maximum absolute atomic E-state index is 14.1. The molecule has 2 aromatic rings. The molecule has 138 valence electrons. The van der Waals surface area contributed by atoms with Crippen molar-refractivity contribution in [3.63, 3.8) is 0 Å². The summed E-state index contributed by atoms with van der Waals surface area (Å²) in [5, 5.41) is 0. The maximum Gasteiger partial charge on any atom is 0.223 e. The van der Waals surface area contributed by atoms with Gasteiger partial charge in [-0.3, -0.25) is 4.79 Å². The van der Waals surface area contributed by atoms with Gasteiger partial charge in [-0.15, -0.1) is 0 Å². The predicted octanol–water partition coefficient (Wildman–Crippen LogP) is 3.55. The van der Waals surface area contributed by atoms with E-state index in [1.807, 2.05) is 37.3 Å². The minimum absolute atomic E-state index is 0.0231. The Labute approximate surface area is 150 Å². The molecule has 0 spiro atoms. The average molecular weight is 362 g/mol. The summed E-state index contributed by atoms with van der Waals surface area (Å²) in [5.74, 6) is -3.96. The second kappa shape index (κ2) is 7.50. The minimum atomic E-state index is -1.25. The molecule has 3 nitrogen and oxygen atoms in total. The lowest BCUT2D eigenvalue weighted by Gasteiger charge is -2.38. The molecular formula is C20H21F3N2O. The first-order valence-electron chi connectivity index (χ1n) is 8.59. The van der Waals surface area contributed by atoms with Gasteiger partial charge in [0.2, 0.25) is 5.91 Å². The normalized spacial score (nSPS) is 21.7. The zero-order chi connectivity index (χ0) is 18.8. The lowest BCUT2D eigenvalue weighted by Crippen LogP contribution is -2.51. The number of halogens is 3. The molecule has 1 heterocycles.